The predicted octanol–water partition coefficient (Wildman–Crippen LogP) is 2.17. The number of hydrogen-bond donors (Lipinski definition) is 2. The fraction of sp³-hybridized carbons (Fsp3) is 0.571. The minimum atomic E-state index is -0.0252. The number of hydrogen-bond acceptors (Lipinski definition) is 3. The molecule has 0 spiro atoms. The molecule has 1 amide bonds. The number of nitrogens with one attached hydrogen (secondary N) is 1. The summed E-state index contributed by atoms with van der Waals surface area (Å²) in [4.78, 5) is 15.9. The van der Waals surface area contributed by atoms with E-state index in [2.05, 4.69) is 10.3 Å². The van der Waals surface area contributed by atoms with Gasteiger partial charge in [-0.25, -0.2) is 0 Å². The zero-order valence-corrected chi connectivity index (χ0v) is 11.1. The molecule has 0 fully saturated rings. The first-order valence-electron chi connectivity index (χ1n) is 6.64. The topological polar surface area (TPSA) is 68.0 Å². The number of unbranched alkanes of at least 4 members (excludes halogenated alkanes) is 3. The van der Waals surface area contributed by atoms with Gasteiger partial charge in [-0.3, -0.25) is 9.78 Å². The smallest absolute Gasteiger partial charge is 0.220 e. The van der Waals surface area contributed by atoms with Crippen molar-refractivity contribution in [1.82, 2.24) is 10.3 Å². The molecular formula is C14H23N3O. The van der Waals surface area contributed by atoms with Crippen LogP contribution in [-0.2, 0) is 4.79 Å². The molecule has 1 atom stereocenters. The van der Waals surface area contributed by atoms with Crippen LogP contribution in [0.5, 0.6) is 0 Å². The SMILES string of the molecule is C[C@H](NC(=O)CCCCCCN)c1ccccn1. The summed E-state index contributed by atoms with van der Waals surface area (Å²) in [6.45, 7) is 2.69. The number of pyridine rings is 1. The van der Waals surface area contributed by atoms with E-state index in [9.17, 15) is 4.79 Å². The van der Waals surface area contributed by atoms with Crippen molar-refractivity contribution in [2.45, 2.75) is 45.1 Å². The Morgan fingerprint density at radius 1 is 1.33 bits per heavy atom. The number of amides is 1. The molecule has 0 aliphatic carbocycles. The standard InChI is InChI=1S/C14H23N3O/c1-12(13-8-5-7-11-16-13)17-14(18)9-4-2-3-6-10-15/h5,7-8,11-12H,2-4,6,9-10,15H2,1H3,(H,17,18)/t12-/m0/s1. The van der Waals surface area contributed by atoms with Crippen molar-refractivity contribution in [3.63, 3.8) is 0 Å². The van der Waals surface area contributed by atoms with E-state index in [0.29, 0.717) is 6.42 Å². The lowest BCUT2D eigenvalue weighted by Crippen LogP contribution is -2.26. The number of aromatic nitrogens is 1. The summed E-state index contributed by atoms with van der Waals surface area (Å²) in [5, 5.41) is 2.96. The monoisotopic (exact) mass is 249 g/mol. The van der Waals surface area contributed by atoms with Gasteiger partial charge < -0.3 is 11.1 Å². The van der Waals surface area contributed by atoms with Gasteiger partial charge in [0.1, 0.15) is 0 Å². The van der Waals surface area contributed by atoms with Crippen LogP contribution in [0.15, 0.2) is 24.4 Å². The van der Waals surface area contributed by atoms with E-state index in [-0.39, 0.29) is 11.9 Å². The van der Waals surface area contributed by atoms with Gasteiger partial charge in [0.25, 0.3) is 0 Å². The molecule has 1 rings (SSSR count). The molecule has 0 radical (unpaired) electrons. The van der Waals surface area contributed by atoms with E-state index < -0.39 is 0 Å². The fourth-order valence-electron chi connectivity index (χ4n) is 1.80. The number of nitrogens with zero attached hydrogens (tertiary/aromatic N) is 1. The summed E-state index contributed by atoms with van der Waals surface area (Å²) >= 11 is 0. The van der Waals surface area contributed by atoms with E-state index in [1.165, 1.54) is 0 Å². The molecular weight excluding hydrogens is 226 g/mol. The molecule has 18 heavy (non-hydrogen) atoms. The van der Waals surface area contributed by atoms with Gasteiger partial charge in [0, 0.05) is 12.6 Å². The summed E-state index contributed by atoms with van der Waals surface area (Å²) in [6.07, 6.45) is 6.49. The molecule has 0 bridgehead atoms. The van der Waals surface area contributed by atoms with Crippen LogP contribution in [0.25, 0.3) is 0 Å². The lowest BCUT2D eigenvalue weighted by molar-refractivity contribution is -0.121. The van der Waals surface area contributed by atoms with Gasteiger partial charge in [0.15, 0.2) is 0 Å². The van der Waals surface area contributed by atoms with Gasteiger partial charge in [0.2, 0.25) is 5.91 Å². The van der Waals surface area contributed by atoms with Crippen LogP contribution < -0.4 is 11.1 Å². The molecule has 1 heterocycles. The first kappa shape index (κ1) is 14.6. The van der Waals surface area contributed by atoms with Gasteiger partial charge in [-0.1, -0.05) is 18.9 Å². The van der Waals surface area contributed by atoms with Gasteiger partial charge >= 0.3 is 0 Å². The molecule has 3 N–H and O–H groups in total. The lowest BCUT2D eigenvalue weighted by Gasteiger charge is -2.13. The Balaban J connectivity index is 2.20. The molecule has 0 aliphatic heterocycles. The van der Waals surface area contributed by atoms with Gasteiger partial charge in [-0.2, -0.15) is 0 Å². The van der Waals surface area contributed by atoms with Crippen molar-refractivity contribution in [3.05, 3.63) is 30.1 Å². The third kappa shape index (κ3) is 5.77. The van der Waals surface area contributed by atoms with E-state index in [1.54, 1.807) is 6.20 Å². The molecule has 1 aromatic rings. The second-order valence-corrected chi connectivity index (χ2v) is 4.50. The summed E-state index contributed by atoms with van der Waals surface area (Å²) in [7, 11) is 0. The number of carbonyl (C=O) groups excluding carboxylic acids is 1. The van der Waals surface area contributed by atoms with Crippen molar-refractivity contribution in [2.75, 3.05) is 6.54 Å². The van der Waals surface area contributed by atoms with Crippen LogP contribution in [0.4, 0.5) is 0 Å². The van der Waals surface area contributed by atoms with Crippen LogP contribution in [0, 0.1) is 0 Å². The van der Waals surface area contributed by atoms with Crippen molar-refractivity contribution in [1.29, 1.82) is 0 Å². The minimum Gasteiger partial charge on any atom is -0.348 e. The fourth-order valence-corrected chi connectivity index (χ4v) is 1.80. The number of carbonyl (C=O) groups is 1. The van der Waals surface area contributed by atoms with Crippen LogP contribution in [0.2, 0.25) is 0 Å². The minimum absolute atomic E-state index is 0.0252. The Labute approximate surface area is 109 Å². The van der Waals surface area contributed by atoms with Gasteiger partial charge in [-0.15, -0.1) is 0 Å². The van der Waals surface area contributed by atoms with Crippen molar-refractivity contribution >= 4 is 5.91 Å². The number of nitrogens with two attached hydrogens (primary N) is 1. The average Bonchev–Trinajstić information content (AvgIpc) is 2.39. The maximum Gasteiger partial charge on any atom is 0.220 e. The Morgan fingerprint density at radius 3 is 2.78 bits per heavy atom. The van der Waals surface area contributed by atoms with E-state index >= 15 is 0 Å². The highest BCUT2D eigenvalue weighted by Crippen LogP contribution is 2.09. The molecule has 1 aromatic heterocycles. The predicted molar refractivity (Wildman–Crippen MR) is 72.9 cm³/mol. The second kappa shape index (κ2) is 8.64. The van der Waals surface area contributed by atoms with Crippen LogP contribution >= 0.6 is 0 Å². The second-order valence-electron chi connectivity index (χ2n) is 4.50. The zero-order valence-electron chi connectivity index (χ0n) is 11.1. The van der Waals surface area contributed by atoms with Crippen LogP contribution in [0.3, 0.4) is 0 Å². The third-order valence-corrected chi connectivity index (χ3v) is 2.87. The summed E-state index contributed by atoms with van der Waals surface area (Å²) in [6, 6.07) is 5.70. The van der Waals surface area contributed by atoms with Gasteiger partial charge in [0.05, 0.1) is 11.7 Å². The first-order valence-corrected chi connectivity index (χ1v) is 6.64. The summed E-state index contributed by atoms with van der Waals surface area (Å²) in [5.41, 5.74) is 6.31. The van der Waals surface area contributed by atoms with Crippen molar-refractivity contribution < 1.29 is 4.79 Å². The normalized spacial score (nSPS) is 12.1. The van der Waals surface area contributed by atoms with E-state index in [1.807, 2.05) is 25.1 Å². The quantitative estimate of drug-likeness (QED) is 0.694. The Bertz CT molecular complexity index is 340. The molecule has 0 saturated carbocycles. The van der Waals surface area contributed by atoms with Crippen LogP contribution in [-0.4, -0.2) is 17.4 Å². The maximum absolute atomic E-state index is 11.7. The zero-order chi connectivity index (χ0) is 13.2. The maximum atomic E-state index is 11.7. The average molecular weight is 249 g/mol. The largest absolute Gasteiger partial charge is 0.348 e. The Morgan fingerprint density at radius 2 is 2.11 bits per heavy atom. The molecule has 4 nitrogen and oxygen atoms in total. The van der Waals surface area contributed by atoms with Gasteiger partial charge in [-0.05, 0) is 38.4 Å². The molecule has 100 valence electrons. The molecule has 0 aliphatic rings. The molecule has 0 saturated heterocycles. The van der Waals surface area contributed by atoms with E-state index in [0.717, 1.165) is 37.9 Å². The van der Waals surface area contributed by atoms with Crippen molar-refractivity contribution in [2.24, 2.45) is 5.73 Å². The van der Waals surface area contributed by atoms with E-state index in [4.69, 9.17) is 5.73 Å². The first-order chi connectivity index (χ1) is 8.74. The highest BCUT2D eigenvalue weighted by molar-refractivity contribution is 5.76. The Kier molecular flexibility index (Phi) is 7.03. The highest BCUT2D eigenvalue weighted by Gasteiger charge is 2.09. The van der Waals surface area contributed by atoms with Crippen LogP contribution in [0.1, 0.15) is 50.8 Å². The number of rotatable bonds is 8. The third-order valence-electron chi connectivity index (χ3n) is 2.87. The molecule has 0 unspecified atom stereocenters. The summed E-state index contributed by atoms with van der Waals surface area (Å²) in [5.74, 6) is 0.0981. The summed E-state index contributed by atoms with van der Waals surface area (Å²) < 4.78 is 0. The molecule has 4 heteroatoms. The molecule has 0 aromatic carbocycles. The highest BCUT2D eigenvalue weighted by atomic mass is 16.1. The lowest BCUT2D eigenvalue weighted by atomic mass is 10.1. The Hall–Kier alpha value is -1.42. The van der Waals surface area contributed by atoms with Crippen molar-refractivity contribution in [3.8, 4) is 0 Å².